The van der Waals surface area contributed by atoms with E-state index in [1.54, 1.807) is 12.3 Å². The Morgan fingerprint density at radius 3 is 2.77 bits per heavy atom. The molecule has 1 aromatic carbocycles. The van der Waals surface area contributed by atoms with Gasteiger partial charge in [-0.05, 0) is 18.2 Å². The van der Waals surface area contributed by atoms with Gasteiger partial charge in [0.05, 0.1) is 0 Å². The van der Waals surface area contributed by atoms with Crippen LogP contribution in [0.25, 0.3) is 0 Å². The summed E-state index contributed by atoms with van der Waals surface area (Å²) in [5.41, 5.74) is 0.713. The van der Waals surface area contributed by atoms with Crippen molar-refractivity contribution in [1.82, 2.24) is 14.9 Å². The van der Waals surface area contributed by atoms with Gasteiger partial charge in [0.15, 0.2) is 0 Å². The molecule has 0 bridgehead atoms. The van der Waals surface area contributed by atoms with Crippen molar-refractivity contribution in [3.63, 3.8) is 0 Å². The Labute approximate surface area is 137 Å². The summed E-state index contributed by atoms with van der Waals surface area (Å²) in [6.07, 6.45) is 4.85. The van der Waals surface area contributed by atoms with Crippen molar-refractivity contribution >= 4 is 21.8 Å². The highest BCUT2D eigenvalue weighted by molar-refractivity contribution is 9.10. The third kappa shape index (κ3) is 3.62. The second-order valence-electron chi connectivity index (χ2n) is 5.17. The summed E-state index contributed by atoms with van der Waals surface area (Å²) in [5.74, 6) is 0.661. The third-order valence-electron chi connectivity index (χ3n) is 3.64. The van der Waals surface area contributed by atoms with Crippen LogP contribution in [0.1, 0.15) is 23.2 Å². The predicted molar refractivity (Wildman–Crippen MR) is 85.7 cm³/mol. The quantitative estimate of drug-likeness (QED) is 0.843. The molecule has 6 heteroatoms. The zero-order chi connectivity index (χ0) is 15.4. The van der Waals surface area contributed by atoms with Crippen molar-refractivity contribution in [2.24, 2.45) is 0 Å². The first-order chi connectivity index (χ1) is 10.7. The number of hydrogen-bond donors (Lipinski definition) is 0. The van der Waals surface area contributed by atoms with Gasteiger partial charge in [-0.2, -0.15) is 0 Å². The maximum absolute atomic E-state index is 12.5. The Bertz CT molecular complexity index is 643. The lowest BCUT2D eigenvalue weighted by molar-refractivity contribution is 0.0587. The van der Waals surface area contributed by atoms with Crippen LogP contribution >= 0.6 is 15.9 Å². The highest BCUT2D eigenvalue weighted by atomic mass is 79.9. The number of benzene rings is 1. The number of rotatable bonds is 3. The maximum Gasteiger partial charge on any atom is 0.253 e. The zero-order valence-electron chi connectivity index (χ0n) is 12.0. The molecule has 1 amide bonds. The lowest BCUT2D eigenvalue weighted by atomic mass is 10.1. The Balaban J connectivity index is 1.56. The highest BCUT2D eigenvalue weighted by Gasteiger charge is 2.25. The van der Waals surface area contributed by atoms with Crippen LogP contribution in [-0.4, -0.2) is 40.0 Å². The van der Waals surface area contributed by atoms with E-state index in [0.717, 1.165) is 17.3 Å². The largest absolute Gasteiger partial charge is 0.474 e. The molecule has 114 valence electrons. The summed E-state index contributed by atoms with van der Waals surface area (Å²) in [5, 5.41) is 0. The van der Waals surface area contributed by atoms with Crippen LogP contribution < -0.4 is 4.74 Å². The minimum absolute atomic E-state index is 0.0711. The number of carbonyl (C=O) groups is 1. The Morgan fingerprint density at radius 2 is 2.09 bits per heavy atom. The van der Waals surface area contributed by atoms with Crippen LogP contribution in [0, 0.1) is 0 Å². The average Bonchev–Trinajstić information content (AvgIpc) is 2.56. The topological polar surface area (TPSA) is 55.3 Å². The van der Waals surface area contributed by atoms with E-state index in [0.29, 0.717) is 24.5 Å². The highest BCUT2D eigenvalue weighted by Crippen LogP contribution is 2.19. The fraction of sp³-hybridized carbons (Fsp3) is 0.312. The van der Waals surface area contributed by atoms with Gasteiger partial charge in [-0.1, -0.05) is 22.0 Å². The molecule has 1 aromatic heterocycles. The molecular formula is C16H16BrN3O2. The van der Waals surface area contributed by atoms with Gasteiger partial charge in [-0.15, -0.1) is 0 Å². The van der Waals surface area contributed by atoms with Gasteiger partial charge in [0.25, 0.3) is 5.91 Å². The lowest BCUT2D eigenvalue weighted by Gasteiger charge is -2.32. The van der Waals surface area contributed by atoms with Crippen LogP contribution in [0.5, 0.6) is 5.88 Å². The molecule has 0 spiro atoms. The summed E-state index contributed by atoms with van der Waals surface area (Å²) < 4.78 is 6.73. The molecule has 5 nitrogen and oxygen atoms in total. The summed E-state index contributed by atoms with van der Waals surface area (Å²) in [6, 6.07) is 9.24. The molecule has 2 aromatic rings. The molecule has 0 saturated carbocycles. The fourth-order valence-electron chi connectivity index (χ4n) is 2.50. The predicted octanol–water partition coefficient (Wildman–Crippen LogP) is 2.92. The van der Waals surface area contributed by atoms with Gasteiger partial charge < -0.3 is 9.64 Å². The lowest BCUT2D eigenvalue weighted by Crippen LogP contribution is -2.41. The molecular weight excluding hydrogens is 346 g/mol. The number of ether oxygens (including phenoxy) is 1. The summed E-state index contributed by atoms with van der Waals surface area (Å²) in [7, 11) is 0. The zero-order valence-corrected chi connectivity index (χ0v) is 13.6. The number of hydrogen-bond acceptors (Lipinski definition) is 4. The molecule has 1 saturated heterocycles. The van der Waals surface area contributed by atoms with Crippen molar-refractivity contribution in [2.75, 3.05) is 13.1 Å². The number of amides is 1. The van der Waals surface area contributed by atoms with Gasteiger partial charge in [-0.3, -0.25) is 4.79 Å². The smallest absolute Gasteiger partial charge is 0.253 e. The van der Waals surface area contributed by atoms with Crippen molar-refractivity contribution in [3.8, 4) is 5.88 Å². The van der Waals surface area contributed by atoms with Crippen LogP contribution in [0.15, 0.2) is 47.3 Å². The molecule has 0 N–H and O–H groups in total. The molecule has 1 aliphatic rings. The standard InChI is InChI=1S/C16H16BrN3O2/c17-13-3-1-2-12(10-13)16(21)20-8-5-14(6-9-20)22-15-4-7-18-11-19-15/h1-4,7,10-11,14H,5-6,8-9H2. The van der Waals surface area contributed by atoms with Gasteiger partial charge in [0.1, 0.15) is 12.4 Å². The van der Waals surface area contributed by atoms with E-state index in [9.17, 15) is 4.79 Å². The molecule has 0 atom stereocenters. The Hall–Kier alpha value is -1.95. The first-order valence-electron chi connectivity index (χ1n) is 7.20. The van der Waals surface area contributed by atoms with E-state index >= 15 is 0 Å². The molecule has 0 aliphatic carbocycles. The van der Waals surface area contributed by atoms with E-state index in [1.807, 2.05) is 29.2 Å². The van der Waals surface area contributed by atoms with Gasteiger partial charge in [-0.25, -0.2) is 9.97 Å². The Kier molecular flexibility index (Phi) is 4.68. The van der Waals surface area contributed by atoms with E-state index in [4.69, 9.17) is 4.74 Å². The fourth-order valence-corrected chi connectivity index (χ4v) is 2.90. The number of halogens is 1. The summed E-state index contributed by atoms with van der Waals surface area (Å²) in [6.45, 7) is 1.39. The number of likely N-dealkylation sites (tertiary alicyclic amines) is 1. The molecule has 1 aliphatic heterocycles. The Morgan fingerprint density at radius 1 is 1.27 bits per heavy atom. The van der Waals surface area contributed by atoms with Crippen molar-refractivity contribution in [2.45, 2.75) is 18.9 Å². The first-order valence-corrected chi connectivity index (χ1v) is 7.99. The van der Waals surface area contributed by atoms with E-state index in [-0.39, 0.29) is 12.0 Å². The number of piperidine rings is 1. The van der Waals surface area contributed by atoms with Gasteiger partial charge in [0, 0.05) is 48.2 Å². The normalized spacial score (nSPS) is 15.6. The molecule has 2 heterocycles. The van der Waals surface area contributed by atoms with Gasteiger partial charge >= 0.3 is 0 Å². The van der Waals surface area contributed by atoms with E-state index in [1.165, 1.54) is 6.33 Å². The molecule has 0 unspecified atom stereocenters. The third-order valence-corrected chi connectivity index (χ3v) is 4.14. The number of carbonyl (C=O) groups excluding carboxylic acids is 1. The second kappa shape index (κ2) is 6.87. The van der Waals surface area contributed by atoms with E-state index in [2.05, 4.69) is 25.9 Å². The van der Waals surface area contributed by atoms with Crippen molar-refractivity contribution in [3.05, 3.63) is 52.9 Å². The SMILES string of the molecule is O=C(c1cccc(Br)c1)N1CCC(Oc2ccncn2)CC1. The monoisotopic (exact) mass is 361 g/mol. The molecule has 3 rings (SSSR count). The second-order valence-corrected chi connectivity index (χ2v) is 6.08. The number of aromatic nitrogens is 2. The maximum atomic E-state index is 12.5. The minimum Gasteiger partial charge on any atom is -0.474 e. The van der Waals surface area contributed by atoms with Crippen molar-refractivity contribution in [1.29, 1.82) is 0 Å². The number of nitrogens with zero attached hydrogens (tertiary/aromatic N) is 3. The van der Waals surface area contributed by atoms with Crippen LogP contribution in [0.2, 0.25) is 0 Å². The van der Waals surface area contributed by atoms with Crippen molar-refractivity contribution < 1.29 is 9.53 Å². The summed E-state index contributed by atoms with van der Waals surface area (Å²) in [4.78, 5) is 22.3. The van der Waals surface area contributed by atoms with E-state index < -0.39 is 0 Å². The average molecular weight is 362 g/mol. The minimum atomic E-state index is 0.0711. The molecule has 22 heavy (non-hydrogen) atoms. The molecule has 0 radical (unpaired) electrons. The summed E-state index contributed by atoms with van der Waals surface area (Å²) >= 11 is 3.40. The first kappa shape index (κ1) is 15.0. The van der Waals surface area contributed by atoms with Crippen LogP contribution in [0.3, 0.4) is 0 Å². The molecule has 1 fully saturated rings. The van der Waals surface area contributed by atoms with Crippen LogP contribution in [-0.2, 0) is 0 Å². The van der Waals surface area contributed by atoms with Crippen LogP contribution in [0.4, 0.5) is 0 Å². The van der Waals surface area contributed by atoms with Gasteiger partial charge in [0.2, 0.25) is 5.88 Å².